The second kappa shape index (κ2) is 8.82. The first-order valence-corrected chi connectivity index (χ1v) is 1.35. The monoisotopic (exact) mass is 242 g/mol. The van der Waals surface area contributed by atoms with Crippen molar-refractivity contribution in [3.05, 3.63) is 6.92 Å². The van der Waals surface area contributed by atoms with Gasteiger partial charge in [-0.25, -0.2) is 0 Å². The van der Waals surface area contributed by atoms with Crippen LogP contribution < -0.4 is 5.32 Å². The third-order valence-corrected chi connectivity index (χ3v) is 0.250. The molecule has 0 rings (SSSR count). The molecule has 0 aliphatic heterocycles. The molecule has 0 saturated carbocycles. The fraction of sp³-hybridized carbons (Fsp3) is 0.667. The number of hydrogen-bond donors (Lipinski definition) is 1. The van der Waals surface area contributed by atoms with E-state index in [-0.39, 0.29) is 21.1 Å². The predicted octanol–water partition coefficient (Wildman–Crippen LogP) is 0.0374. The fourth-order valence-electron chi connectivity index (χ4n) is 0. The molecule has 0 aromatic rings. The Morgan fingerprint density at radius 3 is 2.00 bits per heavy atom. The molecule has 0 radical (unpaired) electrons. The summed E-state index contributed by atoms with van der Waals surface area (Å²) in [6.07, 6.45) is 0. The topological polar surface area (TPSA) is 12.0 Å². The van der Waals surface area contributed by atoms with Crippen LogP contribution in [-0.4, -0.2) is 13.6 Å². The smallest absolute Gasteiger partial charge is 0 e. The van der Waals surface area contributed by atoms with Gasteiger partial charge in [0.1, 0.15) is 0 Å². The summed E-state index contributed by atoms with van der Waals surface area (Å²) >= 11 is 0. The maximum atomic E-state index is 3.49. The van der Waals surface area contributed by atoms with Crippen molar-refractivity contribution >= 4 is 0 Å². The first-order valence-electron chi connectivity index (χ1n) is 1.35. The standard InChI is InChI=1S/C3H8N.W/c1-3-4-2;/h4H,1,3H2,2H3;/q-1;. The molecule has 5 heavy (non-hydrogen) atoms. The van der Waals surface area contributed by atoms with Crippen LogP contribution in [0.4, 0.5) is 0 Å². The van der Waals surface area contributed by atoms with Crippen LogP contribution in [0.2, 0.25) is 0 Å². The molecule has 0 atom stereocenters. The van der Waals surface area contributed by atoms with Crippen molar-refractivity contribution < 1.29 is 21.1 Å². The summed E-state index contributed by atoms with van der Waals surface area (Å²) < 4.78 is 0. The molecule has 0 amide bonds. The van der Waals surface area contributed by atoms with Gasteiger partial charge in [-0.3, -0.25) is 0 Å². The van der Waals surface area contributed by atoms with Gasteiger partial charge in [-0.1, -0.05) is 0 Å². The van der Waals surface area contributed by atoms with Crippen molar-refractivity contribution in [3.63, 3.8) is 0 Å². The van der Waals surface area contributed by atoms with Crippen molar-refractivity contribution in [1.29, 1.82) is 0 Å². The molecule has 0 fully saturated rings. The Morgan fingerprint density at radius 1 is 1.80 bits per heavy atom. The molecule has 1 N–H and O–H groups in total. The van der Waals surface area contributed by atoms with Gasteiger partial charge in [-0.05, 0) is 7.05 Å². The van der Waals surface area contributed by atoms with Crippen molar-refractivity contribution in [3.8, 4) is 0 Å². The largest absolute Gasteiger partial charge is 0.349 e. The molecule has 0 aliphatic rings. The first kappa shape index (κ1) is 9.17. The Balaban J connectivity index is 0. The Morgan fingerprint density at radius 2 is 2.00 bits per heavy atom. The second-order valence-electron chi connectivity index (χ2n) is 0.604. The van der Waals surface area contributed by atoms with Gasteiger partial charge < -0.3 is 12.2 Å². The van der Waals surface area contributed by atoms with Gasteiger partial charge in [-0.2, -0.15) is 0 Å². The van der Waals surface area contributed by atoms with Crippen LogP contribution >= 0.6 is 0 Å². The minimum Gasteiger partial charge on any atom is -0.349 e. The molecular formula is C3H8NW-. The van der Waals surface area contributed by atoms with E-state index < -0.39 is 0 Å². The van der Waals surface area contributed by atoms with Gasteiger partial charge in [0.15, 0.2) is 0 Å². The zero-order valence-corrected chi connectivity index (χ0v) is 6.26. The molecule has 0 aromatic carbocycles. The normalized spacial score (nSPS) is 6.00. The SMILES string of the molecule is [CH2-]CNC.[W]. The molecule has 1 nitrogen and oxygen atoms in total. The van der Waals surface area contributed by atoms with E-state index >= 15 is 0 Å². The summed E-state index contributed by atoms with van der Waals surface area (Å²) in [5.74, 6) is 0. The van der Waals surface area contributed by atoms with E-state index in [0.29, 0.717) is 0 Å². The zero-order valence-electron chi connectivity index (χ0n) is 3.32. The molecular weight excluding hydrogens is 234 g/mol. The third kappa shape index (κ3) is 12.0. The molecule has 0 bridgehead atoms. The molecule has 32 valence electrons. The van der Waals surface area contributed by atoms with Gasteiger partial charge in [0.05, 0.1) is 0 Å². The first-order chi connectivity index (χ1) is 1.91. The number of rotatable bonds is 1. The Hall–Kier alpha value is 0.648. The van der Waals surface area contributed by atoms with E-state index in [9.17, 15) is 0 Å². The zero-order chi connectivity index (χ0) is 3.41. The van der Waals surface area contributed by atoms with Crippen LogP contribution in [0.25, 0.3) is 0 Å². The van der Waals surface area contributed by atoms with Crippen LogP contribution in [0.15, 0.2) is 0 Å². The predicted molar refractivity (Wildman–Crippen MR) is 19.3 cm³/mol. The quantitative estimate of drug-likeness (QED) is 0.640. The van der Waals surface area contributed by atoms with E-state index in [0.717, 1.165) is 6.54 Å². The minimum atomic E-state index is 0. The second-order valence-corrected chi connectivity index (χ2v) is 0.604. The Bertz CT molecular complexity index is 8.85. The van der Waals surface area contributed by atoms with E-state index in [2.05, 4.69) is 12.2 Å². The Kier molecular flexibility index (Phi) is 16.2. The average Bonchev–Trinajstić information content (AvgIpc) is 1.37. The molecule has 2 heteroatoms. The summed E-state index contributed by atoms with van der Waals surface area (Å²) in [6.45, 7) is 4.31. The summed E-state index contributed by atoms with van der Waals surface area (Å²) in [5, 5.41) is 2.82. The molecule has 0 aromatic heterocycles. The minimum absolute atomic E-state index is 0. The van der Waals surface area contributed by atoms with Crippen molar-refractivity contribution in [2.75, 3.05) is 13.6 Å². The van der Waals surface area contributed by atoms with Crippen molar-refractivity contribution in [2.45, 2.75) is 0 Å². The van der Waals surface area contributed by atoms with Gasteiger partial charge >= 0.3 is 0 Å². The van der Waals surface area contributed by atoms with Gasteiger partial charge in [0.25, 0.3) is 0 Å². The van der Waals surface area contributed by atoms with E-state index in [1.54, 1.807) is 0 Å². The summed E-state index contributed by atoms with van der Waals surface area (Å²) in [4.78, 5) is 0. The third-order valence-electron chi connectivity index (χ3n) is 0.250. The van der Waals surface area contributed by atoms with Crippen molar-refractivity contribution in [1.82, 2.24) is 5.32 Å². The number of nitrogens with one attached hydrogen (secondary N) is 1. The molecule has 0 saturated heterocycles. The molecule has 0 unspecified atom stereocenters. The van der Waals surface area contributed by atoms with E-state index in [4.69, 9.17) is 0 Å². The van der Waals surface area contributed by atoms with Crippen LogP contribution in [0.5, 0.6) is 0 Å². The molecule has 0 spiro atoms. The van der Waals surface area contributed by atoms with Gasteiger partial charge in [0, 0.05) is 21.1 Å². The molecule has 0 heterocycles. The summed E-state index contributed by atoms with van der Waals surface area (Å²) in [7, 11) is 1.87. The van der Waals surface area contributed by atoms with Crippen LogP contribution in [-0.2, 0) is 21.1 Å². The molecule has 0 aliphatic carbocycles. The maximum Gasteiger partial charge on any atom is 0 e. The fourth-order valence-corrected chi connectivity index (χ4v) is 0. The van der Waals surface area contributed by atoms with Crippen LogP contribution in [0.1, 0.15) is 0 Å². The average molecular weight is 242 g/mol. The maximum absolute atomic E-state index is 3.49. The summed E-state index contributed by atoms with van der Waals surface area (Å²) in [5.41, 5.74) is 0. The number of hydrogen-bond acceptors (Lipinski definition) is 1. The van der Waals surface area contributed by atoms with Gasteiger partial charge in [0.2, 0.25) is 0 Å². The van der Waals surface area contributed by atoms with Gasteiger partial charge in [-0.15, -0.1) is 6.54 Å². The van der Waals surface area contributed by atoms with Crippen LogP contribution in [0.3, 0.4) is 0 Å². The van der Waals surface area contributed by atoms with E-state index in [1.807, 2.05) is 7.05 Å². The summed E-state index contributed by atoms with van der Waals surface area (Å²) in [6, 6.07) is 0. The van der Waals surface area contributed by atoms with Crippen molar-refractivity contribution in [2.24, 2.45) is 0 Å². The van der Waals surface area contributed by atoms with E-state index in [1.165, 1.54) is 0 Å². The van der Waals surface area contributed by atoms with Crippen LogP contribution in [0, 0.1) is 6.92 Å². The Labute approximate surface area is 47.4 Å².